The van der Waals surface area contributed by atoms with E-state index in [0.717, 1.165) is 16.8 Å². The SMILES string of the molecule is C/C=C(\C)C1=NN(Cc2cccc(C(=O)O)c2)C(=O)CC1. The van der Waals surface area contributed by atoms with Gasteiger partial charge in [-0.2, -0.15) is 5.10 Å². The largest absolute Gasteiger partial charge is 0.478 e. The molecule has 1 amide bonds. The Kier molecular flexibility index (Phi) is 4.52. The summed E-state index contributed by atoms with van der Waals surface area (Å²) < 4.78 is 0. The Hall–Kier alpha value is -2.43. The van der Waals surface area contributed by atoms with Crippen molar-refractivity contribution in [2.24, 2.45) is 5.10 Å². The van der Waals surface area contributed by atoms with Crippen molar-refractivity contribution in [1.82, 2.24) is 5.01 Å². The number of nitrogens with zero attached hydrogens (tertiary/aromatic N) is 2. The summed E-state index contributed by atoms with van der Waals surface area (Å²) in [5.74, 6) is -1.01. The molecule has 2 rings (SSSR count). The van der Waals surface area contributed by atoms with Crippen LogP contribution in [0.3, 0.4) is 0 Å². The van der Waals surface area contributed by atoms with E-state index in [1.807, 2.05) is 19.9 Å². The van der Waals surface area contributed by atoms with Gasteiger partial charge in [0.2, 0.25) is 5.91 Å². The monoisotopic (exact) mass is 286 g/mol. The van der Waals surface area contributed by atoms with Gasteiger partial charge in [-0.05, 0) is 37.1 Å². The van der Waals surface area contributed by atoms with Gasteiger partial charge >= 0.3 is 5.97 Å². The predicted molar refractivity (Wildman–Crippen MR) is 80.1 cm³/mol. The van der Waals surface area contributed by atoms with Crippen LogP contribution in [-0.4, -0.2) is 27.7 Å². The normalized spacial score (nSPS) is 15.9. The molecule has 0 radical (unpaired) electrons. The van der Waals surface area contributed by atoms with Crippen LogP contribution in [0.25, 0.3) is 0 Å². The second-order valence-corrected chi connectivity index (χ2v) is 4.98. The quantitative estimate of drug-likeness (QED) is 0.925. The van der Waals surface area contributed by atoms with Gasteiger partial charge in [0.05, 0.1) is 17.8 Å². The molecule has 0 fully saturated rings. The molecule has 1 aromatic carbocycles. The van der Waals surface area contributed by atoms with Gasteiger partial charge in [0.15, 0.2) is 0 Å². The summed E-state index contributed by atoms with van der Waals surface area (Å²) in [5.41, 5.74) is 2.94. The van der Waals surface area contributed by atoms with Gasteiger partial charge in [-0.15, -0.1) is 0 Å². The van der Waals surface area contributed by atoms with E-state index in [9.17, 15) is 9.59 Å². The van der Waals surface area contributed by atoms with Crippen LogP contribution >= 0.6 is 0 Å². The standard InChI is InChI=1S/C16H18N2O3/c1-3-11(2)14-7-8-15(19)18(17-14)10-12-5-4-6-13(9-12)16(20)21/h3-6,9H,7-8,10H2,1-2H3,(H,20,21)/b11-3+. The van der Waals surface area contributed by atoms with E-state index in [4.69, 9.17) is 5.11 Å². The van der Waals surface area contributed by atoms with Crippen molar-refractivity contribution < 1.29 is 14.7 Å². The molecule has 110 valence electrons. The Labute approximate surface area is 123 Å². The van der Waals surface area contributed by atoms with E-state index >= 15 is 0 Å². The number of aromatic carboxylic acids is 1. The molecule has 0 aliphatic carbocycles. The fourth-order valence-electron chi connectivity index (χ4n) is 2.15. The topological polar surface area (TPSA) is 70.0 Å². The van der Waals surface area contributed by atoms with Gasteiger partial charge < -0.3 is 5.11 Å². The Bertz CT molecular complexity index is 632. The van der Waals surface area contributed by atoms with E-state index in [1.165, 1.54) is 11.1 Å². The molecule has 1 heterocycles. The lowest BCUT2D eigenvalue weighted by atomic mass is 10.1. The number of hydrogen-bond acceptors (Lipinski definition) is 3. The van der Waals surface area contributed by atoms with Crippen LogP contribution in [0.15, 0.2) is 41.0 Å². The molecule has 0 bridgehead atoms. The van der Waals surface area contributed by atoms with Crippen molar-refractivity contribution >= 4 is 17.6 Å². The highest BCUT2D eigenvalue weighted by molar-refractivity contribution is 6.03. The summed E-state index contributed by atoms with van der Waals surface area (Å²) in [7, 11) is 0. The maximum absolute atomic E-state index is 12.0. The van der Waals surface area contributed by atoms with E-state index in [0.29, 0.717) is 19.4 Å². The number of carbonyl (C=O) groups is 2. The zero-order valence-electron chi connectivity index (χ0n) is 12.2. The van der Waals surface area contributed by atoms with E-state index in [-0.39, 0.29) is 11.5 Å². The second kappa shape index (κ2) is 6.35. The molecule has 0 unspecified atom stereocenters. The molecule has 1 aromatic rings. The third-order valence-electron chi connectivity index (χ3n) is 3.50. The molecule has 21 heavy (non-hydrogen) atoms. The summed E-state index contributed by atoms with van der Waals surface area (Å²) in [6.07, 6.45) is 3.06. The number of carbonyl (C=O) groups excluding carboxylic acids is 1. The fraction of sp³-hybridized carbons (Fsp3) is 0.312. The minimum absolute atomic E-state index is 0.0385. The molecule has 5 nitrogen and oxygen atoms in total. The van der Waals surface area contributed by atoms with E-state index in [1.54, 1.807) is 18.2 Å². The summed E-state index contributed by atoms with van der Waals surface area (Å²) in [6, 6.07) is 6.57. The van der Waals surface area contributed by atoms with Gasteiger partial charge in [0.1, 0.15) is 0 Å². The maximum atomic E-state index is 12.0. The zero-order valence-corrected chi connectivity index (χ0v) is 12.2. The zero-order chi connectivity index (χ0) is 15.4. The molecule has 0 saturated carbocycles. The Morgan fingerprint density at radius 2 is 2.19 bits per heavy atom. The van der Waals surface area contributed by atoms with E-state index in [2.05, 4.69) is 5.10 Å². The first-order valence-electron chi connectivity index (χ1n) is 6.84. The number of hydrogen-bond donors (Lipinski definition) is 1. The molecular formula is C16H18N2O3. The Balaban J connectivity index is 2.23. The number of benzene rings is 1. The molecule has 1 N–H and O–H groups in total. The van der Waals surface area contributed by atoms with Crippen LogP contribution in [0.5, 0.6) is 0 Å². The van der Waals surface area contributed by atoms with Crippen LogP contribution < -0.4 is 0 Å². The van der Waals surface area contributed by atoms with Gasteiger partial charge in [0.25, 0.3) is 0 Å². The maximum Gasteiger partial charge on any atom is 0.335 e. The van der Waals surface area contributed by atoms with Crippen molar-refractivity contribution in [1.29, 1.82) is 0 Å². The molecule has 0 spiro atoms. The minimum Gasteiger partial charge on any atom is -0.478 e. The molecule has 1 aliphatic rings. The first kappa shape index (κ1) is 15.0. The summed E-state index contributed by atoms with van der Waals surface area (Å²) in [4.78, 5) is 22.9. The third kappa shape index (κ3) is 3.56. The van der Waals surface area contributed by atoms with Crippen LogP contribution in [-0.2, 0) is 11.3 Å². The van der Waals surface area contributed by atoms with Crippen molar-refractivity contribution in [3.8, 4) is 0 Å². The Morgan fingerprint density at radius 3 is 2.86 bits per heavy atom. The molecule has 0 aromatic heterocycles. The highest BCUT2D eigenvalue weighted by Crippen LogP contribution is 2.17. The van der Waals surface area contributed by atoms with Crippen LogP contribution in [0.2, 0.25) is 0 Å². The van der Waals surface area contributed by atoms with Crippen molar-refractivity contribution in [2.45, 2.75) is 33.2 Å². The lowest BCUT2D eigenvalue weighted by Gasteiger charge is -2.24. The van der Waals surface area contributed by atoms with Gasteiger partial charge in [-0.3, -0.25) is 4.79 Å². The highest BCUT2D eigenvalue weighted by atomic mass is 16.4. The third-order valence-corrected chi connectivity index (χ3v) is 3.50. The van der Waals surface area contributed by atoms with Crippen LogP contribution in [0.4, 0.5) is 0 Å². The lowest BCUT2D eigenvalue weighted by molar-refractivity contribution is -0.132. The second-order valence-electron chi connectivity index (χ2n) is 4.98. The van der Waals surface area contributed by atoms with Crippen molar-refractivity contribution in [3.63, 3.8) is 0 Å². The number of carboxylic acids is 1. The average molecular weight is 286 g/mol. The van der Waals surface area contributed by atoms with Gasteiger partial charge in [0, 0.05) is 12.8 Å². The summed E-state index contributed by atoms with van der Waals surface area (Å²) in [5, 5.41) is 14.8. The van der Waals surface area contributed by atoms with Crippen molar-refractivity contribution in [2.75, 3.05) is 0 Å². The van der Waals surface area contributed by atoms with Crippen LogP contribution in [0.1, 0.15) is 42.6 Å². The lowest BCUT2D eigenvalue weighted by Crippen LogP contribution is -2.31. The van der Waals surface area contributed by atoms with Gasteiger partial charge in [-0.1, -0.05) is 18.2 Å². The number of hydrazone groups is 1. The first-order chi connectivity index (χ1) is 10.0. The summed E-state index contributed by atoms with van der Waals surface area (Å²) >= 11 is 0. The molecule has 1 aliphatic heterocycles. The van der Waals surface area contributed by atoms with Crippen LogP contribution in [0, 0.1) is 0 Å². The van der Waals surface area contributed by atoms with Gasteiger partial charge in [-0.25, -0.2) is 9.80 Å². The first-order valence-corrected chi connectivity index (χ1v) is 6.84. The van der Waals surface area contributed by atoms with E-state index < -0.39 is 5.97 Å². The van der Waals surface area contributed by atoms with Crippen molar-refractivity contribution in [3.05, 3.63) is 47.0 Å². The molecule has 0 atom stereocenters. The Morgan fingerprint density at radius 1 is 1.43 bits per heavy atom. The molecular weight excluding hydrogens is 268 g/mol. The minimum atomic E-state index is -0.976. The fourth-order valence-corrected chi connectivity index (χ4v) is 2.15. The number of rotatable bonds is 4. The highest BCUT2D eigenvalue weighted by Gasteiger charge is 2.21. The smallest absolute Gasteiger partial charge is 0.335 e. The average Bonchev–Trinajstić information content (AvgIpc) is 2.49. The predicted octanol–water partition coefficient (Wildman–Crippen LogP) is 2.83. The number of amides is 1. The number of carboxylic acid groups (broad SMARTS) is 1. The molecule has 0 saturated heterocycles. The number of allylic oxidation sites excluding steroid dienone is 2. The summed E-state index contributed by atoms with van der Waals surface area (Å²) in [6.45, 7) is 4.20. The molecule has 5 heteroatoms.